The van der Waals surface area contributed by atoms with Crippen molar-refractivity contribution >= 4 is 27.5 Å². The van der Waals surface area contributed by atoms with Crippen LogP contribution in [-0.2, 0) is 17.8 Å². The fourth-order valence-corrected chi connectivity index (χ4v) is 4.07. The number of hydrogen-bond donors (Lipinski definition) is 0. The SMILES string of the molecule is C=CCn1c(=NC(=O)Cc2ccc(OC)cc2)sc2c(OC)ccc(OC)c21. The molecule has 0 aliphatic carbocycles. The van der Waals surface area contributed by atoms with Gasteiger partial charge in [0.25, 0.3) is 5.91 Å². The van der Waals surface area contributed by atoms with Crippen molar-refractivity contribution in [3.63, 3.8) is 0 Å². The van der Waals surface area contributed by atoms with Gasteiger partial charge < -0.3 is 18.8 Å². The number of thiazole rings is 1. The first-order valence-electron chi connectivity index (χ1n) is 8.67. The van der Waals surface area contributed by atoms with Crippen LogP contribution in [0, 0.1) is 0 Å². The van der Waals surface area contributed by atoms with Gasteiger partial charge in [-0.25, -0.2) is 0 Å². The Labute approximate surface area is 167 Å². The number of ether oxygens (including phenoxy) is 3. The summed E-state index contributed by atoms with van der Waals surface area (Å²) < 4.78 is 18.9. The van der Waals surface area contributed by atoms with Crippen molar-refractivity contribution < 1.29 is 19.0 Å². The lowest BCUT2D eigenvalue weighted by atomic mass is 10.1. The van der Waals surface area contributed by atoms with Gasteiger partial charge in [0.15, 0.2) is 4.80 Å². The highest BCUT2D eigenvalue weighted by Crippen LogP contribution is 2.35. The van der Waals surface area contributed by atoms with Crippen LogP contribution < -0.4 is 19.0 Å². The Bertz CT molecular complexity index is 1060. The molecule has 0 bridgehead atoms. The molecule has 1 heterocycles. The molecule has 3 rings (SSSR count). The lowest BCUT2D eigenvalue weighted by molar-refractivity contribution is -0.117. The molecule has 0 aliphatic rings. The maximum atomic E-state index is 12.6. The predicted octanol–water partition coefficient (Wildman–Crippen LogP) is 3.58. The van der Waals surface area contributed by atoms with Crippen LogP contribution in [0.4, 0.5) is 0 Å². The van der Waals surface area contributed by atoms with Crippen LogP contribution in [0.1, 0.15) is 5.56 Å². The monoisotopic (exact) mass is 398 g/mol. The van der Waals surface area contributed by atoms with E-state index in [0.717, 1.165) is 21.5 Å². The second-order valence-electron chi connectivity index (χ2n) is 5.96. The van der Waals surface area contributed by atoms with Crippen molar-refractivity contribution in [2.24, 2.45) is 4.99 Å². The zero-order chi connectivity index (χ0) is 20.1. The van der Waals surface area contributed by atoms with Crippen molar-refractivity contribution in [3.8, 4) is 17.2 Å². The summed E-state index contributed by atoms with van der Waals surface area (Å²) in [5.41, 5.74) is 1.71. The zero-order valence-electron chi connectivity index (χ0n) is 16.1. The fraction of sp³-hybridized carbons (Fsp3) is 0.238. The maximum absolute atomic E-state index is 12.6. The number of allylic oxidation sites excluding steroid dienone is 1. The van der Waals surface area contributed by atoms with Crippen molar-refractivity contribution in [1.29, 1.82) is 0 Å². The molecule has 7 heteroatoms. The first-order chi connectivity index (χ1) is 13.6. The molecule has 146 valence electrons. The lowest BCUT2D eigenvalue weighted by Gasteiger charge is -2.08. The quantitative estimate of drug-likeness (QED) is 0.571. The Morgan fingerprint density at radius 3 is 2.36 bits per heavy atom. The van der Waals surface area contributed by atoms with Crippen molar-refractivity contribution in [3.05, 3.63) is 59.4 Å². The predicted molar refractivity (Wildman–Crippen MR) is 110 cm³/mol. The van der Waals surface area contributed by atoms with Crippen LogP contribution in [0.25, 0.3) is 10.2 Å². The van der Waals surface area contributed by atoms with E-state index in [-0.39, 0.29) is 12.3 Å². The van der Waals surface area contributed by atoms with E-state index < -0.39 is 0 Å². The van der Waals surface area contributed by atoms with Gasteiger partial charge in [-0.3, -0.25) is 4.79 Å². The van der Waals surface area contributed by atoms with Gasteiger partial charge in [0, 0.05) is 6.54 Å². The number of carbonyl (C=O) groups is 1. The van der Waals surface area contributed by atoms with Gasteiger partial charge in [0.2, 0.25) is 0 Å². The number of methoxy groups -OCH3 is 3. The molecular weight excluding hydrogens is 376 g/mol. The summed E-state index contributed by atoms with van der Waals surface area (Å²) in [7, 11) is 4.84. The summed E-state index contributed by atoms with van der Waals surface area (Å²) in [5.74, 6) is 1.92. The first kappa shape index (κ1) is 19.7. The lowest BCUT2D eigenvalue weighted by Crippen LogP contribution is -2.17. The molecule has 0 saturated heterocycles. The van der Waals surface area contributed by atoms with Crippen molar-refractivity contribution in [2.45, 2.75) is 13.0 Å². The van der Waals surface area contributed by atoms with Crippen molar-refractivity contribution in [2.75, 3.05) is 21.3 Å². The average molecular weight is 398 g/mol. The number of benzene rings is 2. The molecule has 0 radical (unpaired) electrons. The van der Waals surface area contributed by atoms with Gasteiger partial charge in [-0.05, 0) is 29.8 Å². The first-order valence-corrected chi connectivity index (χ1v) is 9.48. The normalized spacial score (nSPS) is 11.5. The van der Waals surface area contributed by atoms with E-state index in [4.69, 9.17) is 14.2 Å². The number of nitrogens with zero attached hydrogens (tertiary/aromatic N) is 2. The summed E-state index contributed by atoms with van der Waals surface area (Å²) in [6, 6.07) is 11.1. The average Bonchev–Trinajstić information content (AvgIpc) is 3.06. The Morgan fingerprint density at radius 1 is 1.07 bits per heavy atom. The van der Waals surface area contributed by atoms with E-state index in [1.54, 1.807) is 27.4 Å². The van der Waals surface area contributed by atoms with E-state index in [1.807, 2.05) is 41.0 Å². The van der Waals surface area contributed by atoms with E-state index in [0.29, 0.717) is 22.8 Å². The number of rotatable bonds is 7. The van der Waals surface area contributed by atoms with Crippen LogP contribution in [0.3, 0.4) is 0 Å². The largest absolute Gasteiger partial charge is 0.497 e. The van der Waals surface area contributed by atoms with Crippen LogP contribution in [0.15, 0.2) is 54.0 Å². The second kappa shape index (κ2) is 8.75. The topological polar surface area (TPSA) is 62.1 Å². The molecule has 0 aliphatic heterocycles. The third-order valence-electron chi connectivity index (χ3n) is 4.24. The van der Waals surface area contributed by atoms with E-state index >= 15 is 0 Å². The summed E-state index contributed by atoms with van der Waals surface area (Å²) in [6.45, 7) is 4.32. The van der Waals surface area contributed by atoms with E-state index in [2.05, 4.69) is 11.6 Å². The standard InChI is InChI=1S/C21H22N2O4S/c1-5-12-23-19-16(26-3)10-11-17(27-4)20(19)28-21(23)22-18(24)13-14-6-8-15(25-2)9-7-14/h5-11H,1,12-13H2,2-4H3. The number of amides is 1. The van der Waals surface area contributed by atoms with Crippen LogP contribution >= 0.6 is 11.3 Å². The van der Waals surface area contributed by atoms with Gasteiger partial charge in [-0.15, -0.1) is 6.58 Å². The molecule has 28 heavy (non-hydrogen) atoms. The van der Waals surface area contributed by atoms with Gasteiger partial charge in [0.1, 0.15) is 27.5 Å². The number of aromatic nitrogens is 1. The minimum absolute atomic E-state index is 0.209. The molecule has 0 spiro atoms. The molecular formula is C21H22N2O4S. The summed E-state index contributed by atoms with van der Waals surface area (Å²) in [4.78, 5) is 17.5. The number of carbonyl (C=O) groups excluding carboxylic acids is 1. The highest BCUT2D eigenvalue weighted by molar-refractivity contribution is 7.16. The van der Waals surface area contributed by atoms with Crippen LogP contribution in [-0.4, -0.2) is 31.8 Å². The molecule has 1 amide bonds. The minimum Gasteiger partial charge on any atom is -0.497 e. The third kappa shape index (κ3) is 3.94. The molecule has 6 nitrogen and oxygen atoms in total. The molecule has 0 atom stereocenters. The van der Waals surface area contributed by atoms with Gasteiger partial charge >= 0.3 is 0 Å². The maximum Gasteiger partial charge on any atom is 0.252 e. The summed E-state index contributed by atoms with van der Waals surface area (Å²) >= 11 is 1.39. The Hall–Kier alpha value is -3.06. The van der Waals surface area contributed by atoms with Gasteiger partial charge in [0.05, 0.1) is 27.8 Å². The Kier molecular flexibility index (Phi) is 6.16. The highest BCUT2D eigenvalue weighted by Gasteiger charge is 2.16. The molecule has 3 aromatic rings. The summed E-state index contributed by atoms with van der Waals surface area (Å²) in [6.07, 6.45) is 1.97. The smallest absolute Gasteiger partial charge is 0.252 e. The molecule has 2 aromatic carbocycles. The van der Waals surface area contributed by atoms with Crippen molar-refractivity contribution in [1.82, 2.24) is 4.57 Å². The highest BCUT2D eigenvalue weighted by atomic mass is 32.1. The summed E-state index contributed by atoms with van der Waals surface area (Å²) in [5, 5.41) is 0. The van der Waals surface area contributed by atoms with Crippen LogP contribution in [0.2, 0.25) is 0 Å². The molecule has 0 saturated carbocycles. The van der Waals surface area contributed by atoms with E-state index in [1.165, 1.54) is 11.3 Å². The van der Waals surface area contributed by atoms with E-state index in [9.17, 15) is 4.79 Å². The zero-order valence-corrected chi connectivity index (χ0v) is 16.9. The van der Waals surface area contributed by atoms with Crippen LogP contribution in [0.5, 0.6) is 17.2 Å². The molecule has 1 aromatic heterocycles. The number of fused-ring (bicyclic) bond motifs is 1. The second-order valence-corrected chi connectivity index (χ2v) is 6.94. The Balaban J connectivity index is 2.05. The molecule has 0 N–H and O–H groups in total. The minimum atomic E-state index is -0.229. The molecule has 0 unspecified atom stereocenters. The molecule has 0 fully saturated rings. The van der Waals surface area contributed by atoms with Gasteiger partial charge in [-0.2, -0.15) is 4.99 Å². The number of hydrogen-bond acceptors (Lipinski definition) is 5. The third-order valence-corrected chi connectivity index (χ3v) is 5.33. The Morgan fingerprint density at radius 2 is 1.75 bits per heavy atom. The fourth-order valence-electron chi connectivity index (χ4n) is 2.90. The van der Waals surface area contributed by atoms with Gasteiger partial charge in [-0.1, -0.05) is 29.5 Å².